The maximum absolute atomic E-state index is 12.5. The number of aldehydes is 1. The number of aromatic nitrogens is 10. The van der Waals surface area contributed by atoms with Crippen LogP contribution >= 0.6 is 44.8 Å². The number of carbonyl (C=O) groups excluding carboxylic acids is 4. The van der Waals surface area contributed by atoms with Crippen LogP contribution in [-0.2, 0) is 83.8 Å². The molecule has 5 aliphatic heterocycles. The number of aromatic amines is 5. The van der Waals surface area contributed by atoms with Crippen molar-refractivity contribution in [1.82, 2.24) is 77.1 Å². The van der Waals surface area contributed by atoms with Crippen molar-refractivity contribution in [3.63, 3.8) is 0 Å². The zero-order valence-electron chi connectivity index (χ0n) is 77.2. The number of aliphatic hydroxyl groups is 1. The molecule has 8 N–H and O–H groups in total. The van der Waals surface area contributed by atoms with E-state index >= 15 is 0 Å². The zero-order valence-corrected chi connectivity index (χ0v) is 84.6. The van der Waals surface area contributed by atoms with E-state index in [1.54, 1.807) is 85.5 Å². The fourth-order valence-corrected chi connectivity index (χ4v) is 20.6. The summed E-state index contributed by atoms with van der Waals surface area (Å²) < 4.78 is 119. The average Bonchev–Trinajstić information content (AvgIpc) is 1.74. The smallest absolute Gasteiger partial charge is 0.870 e. The van der Waals surface area contributed by atoms with Crippen LogP contribution < -0.4 is 91.1 Å². The molecule has 10 heterocycles. The van der Waals surface area contributed by atoms with Crippen molar-refractivity contribution in [2.24, 2.45) is 0 Å². The Morgan fingerprint density at radius 1 is 0.526 bits per heavy atom. The summed E-state index contributed by atoms with van der Waals surface area (Å²) in [4.78, 5) is 177. The van der Waals surface area contributed by atoms with Gasteiger partial charge in [0.25, 0.3) is 27.8 Å². The summed E-state index contributed by atoms with van der Waals surface area (Å²) in [6.07, 6.45) is 10.2. The third-order valence-corrected chi connectivity index (χ3v) is 30.0. The Labute approximate surface area is 791 Å². The molecule has 12 atom stereocenters. The largest absolute Gasteiger partial charge is 1.00 e. The molecule has 3 amide bonds. The molecule has 12 unspecified atom stereocenters. The van der Waals surface area contributed by atoms with Gasteiger partial charge in [0.05, 0.1) is 76.3 Å². The Morgan fingerprint density at radius 2 is 0.857 bits per heavy atom. The summed E-state index contributed by atoms with van der Waals surface area (Å²) >= 11 is 0. The van der Waals surface area contributed by atoms with Gasteiger partial charge in [0.15, 0.2) is 39.6 Å². The van der Waals surface area contributed by atoms with Crippen molar-refractivity contribution in [3.05, 3.63) is 201 Å². The van der Waals surface area contributed by atoms with Gasteiger partial charge in [-0.25, -0.2) is 33.3 Å². The van der Waals surface area contributed by atoms with Crippen LogP contribution in [-0.4, -0.2) is 302 Å². The number of carbonyl (C=O) groups is 4. The molecule has 0 aliphatic carbocycles. The SMILES string of the molecule is C.CC(=O)N1CCC(/C=C/P(C)(C)=O)OC(n2ccc(=O)[nH]c2=O)C1.CC(=O)N1CCC(C=O)OC(n2ccc(=O)[nH]c2=O)C1.CC(=O)N1CCC(CO)OC(n2ccc(=O)[nH]c2=O)C1.CCN(C(C)C)P(OCCC#N)N1CCC(/C=C/P(C)(C)=O)OC(n2ccc(=O)[nH]c2=O)C1.COP(C)(=O)CP(=O)(OC)OC.CP(C)(=O)/C=C/C1CCNCC(n2ccc(=O)[nH]c2=O)O1.[Na+].[OH-]. The van der Waals surface area contributed by atoms with Crippen LogP contribution in [0.2, 0.25) is 0 Å². The summed E-state index contributed by atoms with van der Waals surface area (Å²) in [5.74, 6) is 4.37. The summed E-state index contributed by atoms with van der Waals surface area (Å²) in [6.45, 7) is 26.9. The van der Waals surface area contributed by atoms with Gasteiger partial charge in [0, 0.05) is 155 Å². The van der Waals surface area contributed by atoms with Gasteiger partial charge < -0.3 is 90.9 Å². The second kappa shape index (κ2) is 58.1. The van der Waals surface area contributed by atoms with E-state index in [1.807, 2.05) is 0 Å². The standard InChI is InChI=1S/C21H35N5O5P2.C15H22N3O5P.C13H20N3O4P.C12H17N3O5.C12H15N3O5.C5H14O5P2.CH4.Na.H2O/c1-6-26(17(2)3)32(30-14-7-11-22)24-12-8-18(10-15-33(4,5)29)31-20(16-24)25-13-9-19(27)23-21(25)28;1-11(19)17-7-4-12(6-9-24(2,3)22)23-14(10-17)18-8-5-13(20)16-15(18)21;1-21(2,19)8-5-10-3-6-14-9-12(20-10)16-7-4-11(17)15-13(16)18;2*1-8(17)14-4-2-9(7-16)20-11(6-14)15-5-3-10(18)13-12(15)19;1-8-11(4,6)5-12(7,9-2)10-3;;;/h9-10,13,15,17-18,20H,6-8,12,14,16H2,1-5H3,(H,23,27,28);5-6,8-9,12,14H,4,7,10H2,1-3H3,(H,16,20,21);4-5,7-8,10,12,14H,3,6,9H2,1-2H3,(H,15,17,18);3,5,9,11,16H,2,4,6-7H2,1H3,(H,13,18,19);3,5,7,9,11H,2,4,6H2,1H3,(H,13,18,19);5H2,1-4H3;1H4;;1H2/q;;;;;;;+1;/p-1/b15-10+;9-6+;8-5+;;;;;;. The number of hydrogen-bond donors (Lipinski definition) is 7. The molecule has 5 aromatic rings. The van der Waals surface area contributed by atoms with Crippen LogP contribution in [0.5, 0.6) is 0 Å². The van der Waals surface area contributed by atoms with Crippen LogP contribution in [0.3, 0.4) is 0 Å². The van der Waals surface area contributed by atoms with E-state index in [2.05, 4.69) is 80.0 Å². The molecule has 133 heavy (non-hydrogen) atoms. The van der Waals surface area contributed by atoms with E-state index < -0.39 is 144 Å². The monoisotopic (exact) mass is 2000 g/mol. The Morgan fingerprint density at radius 3 is 1.18 bits per heavy atom. The van der Waals surface area contributed by atoms with Crippen LogP contribution in [0.15, 0.2) is 145 Å². The predicted molar refractivity (Wildman–Crippen MR) is 496 cm³/mol. The number of nitrogens with zero attached hydrogens (tertiary/aromatic N) is 11. The second-order valence-corrected chi connectivity index (χ2v) is 48.4. The molecule has 740 valence electrons. The van der Waals surface area contributed by atoms with E-state index in [9.17, 15) is 95.1 Å². The molecular formula is C79H128N17NaO30P6. The predicted octanol–water partition coefficient (Wildman–Crippen LogP) is 1.49. The number of hydrogen-bond acceptors (Lipinski definition) is 34. The van der Waals surface area contributed by atoms with Crippen molar-refractivity contribution >= 4 is 68.8 Å². The first-order chi connectivity index (χ1) is 61.0. The Hall–Kier alpha value is -7.79. The minimum absolute atomic E-state index is 0. The van der Waals surface area contributed by atoms with E-state index in [1.165, 1.54) is 138 Å². The fourth-order valence-electron chi connectivity index (χ4n) is 12.7. The van der Waals surface area contributed by atoms with Crippen LogP contribution in [0.4, 0.5) is 0 Å². The van der Waals surface area contributed by atoms with E-state index in [4.69, 9.17) is 33.5 Å². The van der Waals surface area contributed by atoms with Crippen molar-refractivity contribution in [3.8, 4) is 6.07 Å². The third kappa shape index (κ3) is 42.8. The second-order valence-electron chi connectivity index (χ2n) is 31.6. The maximum Gasteiger partial charge on any atom is 1.00 e. The van der Waals surface area contributed by atoms with Gasteiger partial charge in [-0.05, 0) is 110 Å². The number of nitriles is 1. The molecule has 0 aromatic carbocycles. The summed E-state index contributed by atoms with van der Waals surface area (Å²) in [6, 6.07) is 8.52. The molecule has 5 aromatic heterocycles. The van der Waals surface area contributed by atoms with Crippen molar-refractivity contribution in [2.45, 2.75) is 155 Å². The molecule has 0 spiro atoms. The molecule has 5 aliphatic rings. The molecule has 0 saturated carbocycles. The van der Waals surface area contributed by atoms with Gasteiger partial charge in [0.1, 0.15) is 39.7 Å². The van der Waals surface area contributed by atoms with Gasteiger partial charge in [-0.1, -0.05) is 32.6 Å². The van der Waals surface area contributed by atoms with E-state index in [0.29, 0.717) is 77.8 Å². The maximum atomic E-state index is 12.5. The number of rotatable bonds is 25. The van der Waals surface area contributed by atoms with Gasteiger partial charge in [0.2, 0.25) is 25.1 Å². The molecule has 5 saturated heterocycles. The number of H-pyrrole nitrogens is 5. The zero-order chi connectivity index (χ0) is 97.2. The van der Waals surface area contributed by atoms with E-state index in [-0.39, 0.29) is 123 Å². The first-order valence-electron chi connectivity index (χ1n) is 41.2. The molecule has 5 fully saturated rings. The number of aliphatic hydroxyl groups excluding tert-OH is 1. The molecule has 0 radical (unpaired) electrons. The Balaban J connectivity index is 0.000000549. The topological polar surface area (TPSA) is 613 Å². The molecule has 47 nitrogen and oxygen atoms in total. The van der Waals surface area contributed by atoms with Gasteiger partial charge >= 0.3 is 65.6 Å². The van der Waals surface area contributed by atoms with Crippen molar-refractivity contribution in [2.75, 3.05) is 159 Å². The minimum Gasteiger partial charge on any atom is -0.870 e. The van der Waals surface area contributed by atoms with E-state index in [0.717, 1.165) is 19.5 Å². The number of amides is 3. The summed E-state index contributed by atoms with van der Waals surface area (Å²) in [5.41, 5.74) is -5.34. The van der Waals surface area contributed by atoms with Crippen LogP contribution in [0, 0.1) is 11.3 Å². The first kappa shape index (κ1) is 121. The third-order valence-electron chi connectivity index (χ3n) is 19.5. The van der Waals surface area contributed by atoms with Gasteiger partial charge in [-0.15, -0.1) is 0 Å². The quantitative estimate of drug-likeness (QED) is 0.0188. The molecular weight excluding hydrogens is 1880 g/mol. The molecule has 54 heteroatoms. The Kier molecular flexibility index (Phi) is 52.9. The van der Waals surface area contributed by atoms with Crippen molar-refractivity contribution < 1.29 is 124 Å². The normalized spacial score (nSPS) is 21.7. The number of ether oxygens (including phenoxy) is 5. The minimum atomic E-state index is -3.21. The Bertz CT molecular complexity index is 5600. The summed E-state index contributed by atoms with van der Waals surface area (Å²) in [7, 11) is -10.5. The first-order valence-corrected chi connectivity index (χ1v) is 54.4. The average molecular weight is 2000 g/mol. The van der Waals surface area contributed by atoms with Gasteiger partial charge in [-0.3, -0.25) is 95.2 Å². The number of nitrogens with one attached hydrogen (secondary N) is 6. The summed E-state index contributed by atoms with van der Waals surface area (Å²) in [5, 5.41) is 21.4. The molecule has 0 bridgehead atoms. The molecule has 10 rings (SSSR count). The van der Waals surface area contributed by atoms with Crippen molar-refractivity contribution in [1.29, 1.82) is 5.26 Å². The van der Waals surface area contributed by atoms with Crippen LogP contribution in [0.25, 0.3) is 0 Å². The van der Waals surface area contributed by atoms with Crippen LogP contribution in [0.1, 0.15) is 119 Å². The fraction of sp³-hybridized carbons (Fsp3) is 0.608. The van der Waals surface area contributed by atoms with Gasteiger partial charge in [-0.2, -0.15) is 5.26 Å².